The van der Waals surface area contributed by atoms with E-state index in [9.17, 15) is 9.90 Å². The van der Waals surface area contributed by atoms with Gasteiger partial charge in [0.15, 0.2) is 0 Å². The zero-order chi connectivity index (χ0) is 13.5. The van der Waals surface area contributed by atoms with Gasteiger partial charge in [0, 0.05) is 0 Å². The van der Waals surface area contributed by atoms with Gasteiger partial charge in [-0.3, -0.25) is 4.79 Å². The van der Waals surface area contributed by atoms with Crippen molar-refractivity contribution in [3.8, 4) is 5.75 Å². The van der Waals surface area contributed by atoms with Crippen molar-refractivity contribution in [2.45, 2.75) is 25.2 Å². The fourth-order valence-corrected chi connectivity index (χ4v) is 3.08. The van der Waals surface area contributed by atoms with Crippen molar-refractivity contribution < 1.29 is 19.4 Å². The van der Waals surface area contributed by atoms with E-state index in [-0.39, 0.29) is 5.41 Å². The van der Waals surface area contributed by atoms with Gasteiger partial charge in [0.25, 0.3) is 0 Å². The summed E-state index contributed by atoms with van der Waals surface area (Å²) in [7, 11) is 0. The molecule has 4 heteroatoms. The third kappa shape index (κ3) is 1.66. The third-order valence-corrected chi connectivity index (χ3v) is 4.49. The minimum Gasteiger partial charge on any atom is -0.494 e. The summed E-state index contributed by atoms with van der Waals surface area (Å²) in [6.45, 7) is 3.59. The molecule has 1 saturated heterocycles. The summed E-state index contributed by atoms with van der Waals surface area (Å²) >= 11 is 0. The lowest BCUT2D eigenvalue weighted by molar-refractivity contribution is -0.161. The highest BCUT2D eigenvalue weighted by Gasteiger charge is 2.68. The van der Waals surface area contributed by atoms with Crippen molar-refractivity contribution in [1.82, 2.24) is 0 Å². The topological polar surface area (TPSA) is 55.8 Å². The van der Waals surface area contributed by atoms with Crippen LogP contribution in [-0.4, -0.2) is 30.9 Å². The van der Waals surface area contributed by atoms with Crippen LogP contribution in [0.25, 0.3) is 0 Å². The van der Waals surface area contributed by atoms with E-state index in [1.54, 1.807) is 0 Å². The van der Waals surface area contributed by atoms with Gasteiger partial charge in [0.2, 0.25) is 0 Å². The minimum absolute atomic E-state index is 0.344. The van der Waals surface area contributed by atoms with Crippen LogP contribution in [0.15, 0.2) is 24.3 Å². The van der Waals surface area contributed by atoms with E-state index in [1.165, 1.54) is 0 Å². The van der Waals surface area contributed by atoms with E-state index in [0.717, 1.165) is 24.2 Å². The molecule has 2 fully saturated rings. The average molecular weight is 262 g/mol. The Morgan fingerprint density at radius 3 is 2.32 bits per heavy atom. The maximum Gasteiger partial charge on any atom is 0.310 e. The summed E-state index contributed by atoms with van der Waals surface area (Å²) < 4.78 is 10.8. The molecule has 1 saturated carbocycles. The Morgan fingerprint density at radius 1 is 1.32 bits per heavy atom. The summed E-state index contributed by atoms with van der Waals surface area (Å²) in [6, 6.07) is 7.79. The number of benzene rings is 1. The molecular weight excluding hydrogens is 244 g/mol. The monoisotopic (exact) mass is 262 g/mol. The Hall–Kier alpha value is -1.55. The molecule has 1 aliphatic heterocycles. The van der Waals surface area contributed by atoms with Crippen molar-refractivity contribution in [2.24, 2.45) is 5.41 Å². The number of hydrogen-bond donors (Lipinski definition) is 1. The van der Waals surface area contributed by atoms with E-state index >= 15 is 0 Å². The lowest BCUT2D eigenvalue weighted by Crippen LogP contribution is -2.56. The lowest BCUT2D eigenvalue weighted by Gasteiger charge is -2.46. The van der Waals surface area contributed by atoms with Gasteiger partial charge in [-0.15, -0.1) is 0 Å². The molecule has 2 aliphatic rings. The Labute approximate surface area is 112 Å². The molecule has 0 amide bonds. The van der Waals surface area contributed by atoms with Crippen molar-refractivity contribution in [3.63, 3.8) is 0 Å². The molecule has 0 aromatic heterocycles. The second kappa shape index (κ2) is 4.23. The quantitative estimate of drug-likeness (QED) is 0.884. The van der Waals surface area contributed by atoms with Crippen LogP contribution < -0.4 is 4.74 Å². The molecule has 0 unspecified atom stereocenters. The van der Waals surface area contributed by atoms with Crippen LogP contribution in [0, 0.1) is 5.41 Å². The SMILES string of the molecule is CCOc1ccc(C2(C3(C(=O)O)CC3)COC2)cc1. The van der Waals surface area contributed by atoms with Gasteiger partial charge >= 0.3 is 5.97 Å². The van der Waals surface area contributed by atoms with Crippen molar-refractivity contribution in [3.05, 3.63) is 29.8 Å². The smallest absolute Gasteiger partial charge is 0.310 e. The highest BCUT2D eigenvalue weighted by atomic mass is 16.5. The summed E-state index contributed by atoms with van der Waals surface area (Å²) in [6.07, 6.45) is 1.50. The van der Waals surface area contributed by atoms with Crippen molar-refractivity contribution in [1.29, 1.82) is 0 Å². The number of aliphatic carboxylic acids is 1. The minimum atomic E-state index is -0.690. The molecule has 4 nitrogen and oxygen atoms in total. The van der Waals surface area contributed by atoms with E-state index in [1.807, 2.05) is 31.2 Å². The molecule has 1 aromatic carbocycles. The Kier molecular flexibility index (Phi) is 2.78. The zero-order valence-electron chi connectivity index (χ0n) is 11.0. The first-order valence-electron chi connectivity index (χ1n) is 6.69. The molecule has 1 N–H and O–H groups in total. The second-order valence-electron chi connectivity index (χ2n) is 5.42. The van der Waals surface area contributed by atoms with Gasteiger partial charge in [-0.2, -0.15) is 0 Å². The highest BCUT2D eigenvalue weighted by Crippen LogP contribution is 2.62. The number of carbonyl (C=O) groups is 1. The lowest BCUT2D eigenvalue weighted by atomic mass is 9.66. The highest BCUT2D eigenvalue weighted by molar-refractivity contribution is 5.81. The molecule has 0 spiro atoms. The number of carboxylic acid groups (broad SMARTS) is 1. The number of carboxylic acids is 1. The van der Waals surface area contributed by atoms with Crippen LogP contribution in [0.3, 0.4) is 0 Å². The zero-order valence-corrected chi connectivity index (χ0v) is 11.0. The maximum atomic E-state index is 11.6. The fourth-order valence-electron chi connectivity index (χ4n) is 3.08. The van der Waals surface area contributed by atoms with Gasteiger partial charge < -0.3 is 14.6 Å². The average Bonchev–Trinajstić information content (AvgIpc) is 3.12. The fraction of sp³-hybridized carbons (Fsp3) is 0.533. The summed E-state index contributed by atoms with van der Waals surface area (Å²) in [5.41, 5.74) is 0.101. The standard InChI is InChI=1S/C15H18O4/c1-2-19-12-5-3-11(4-6-12)15(9-18-10-15)14(7-8-14)13(16)17/h3-6H,2,7-10H2,1H3,(H,16,17). The molecule has 0 radical (unpaired) electrons. The summed E-state index contributed by atoms with van der Waals surface area (Å²) in [4.78, 5) is 11.6. The van der Waals surface area contributed by atoms with Crippen LogP contribution in [0.2, 0.25) is 0 Å². The van der Waals surface area contributed by atoms with E-state index < -0.39 is 11.4 Å². The van der Waals surface area contributed by atoms with Gasteiger partial charge in [0.05, 0.1) is 30.7 Å². The molecule has 0 bridgehead atoms. The molecular formula is C15H18O4. The van der Waals surface area contributed by atoms with Crippen LogP contribution in [-0.2, 0) is 14.9 Å². The first kappa shape index (κ1) is 12.5. The van der Waals surface area contributed by atoms with E-state index in [4.69, 9.17) is 9.47 Å². The first-order valence-corrected chi connectivity index (χ1v) is 6.69. The van der Waals surface area contributed by atoms with Gasteiger partial charge in [0.1, 0.15) is 5.75 Å². The van der Waals surface area contributed by atoms with Crippen molar-refractivity contribution in [2.75, 3.05) is 19.8 Å². The molecule has 1 heterocycles. The molecule has 3 rings (SSSR count). The van der Waals surface area contributed by atoms with Gasteiger partial charge in [-0.25, -0.2) is 0 Å². The van der Waals surface area contributed by atoms with Crippen LogP contribution >= 0.6 is 0 Å². The molecule has 0 atom stereocenters. The Morgan fingerprint density at radius 2 is 1.95 bits per heavy atom. The van der Waals surface area contributed by atoms with E-state index in [0.29, 0.717) is 19.8 Å². The van der Waals surface area contributed by atoms with Crippen LogP contribution in [0.1, 0.15) is 25.3 Å². The first-order chi connectivity index (χ1) is 9.14. The predicted molar refractivity (Wildman–Crippen MR) is 69.4 cm³/mol. The normalized spacial score (nSPS) is 22.4. The third-order valence-electron chi connectivity index (χ3n) is 4.49. The van der Waals surface area contributed by atoms with Crippen LogP contribution in [0.4, 0.5) is 0 Å². The van der Waals surface area contributed by atoms with Crippen molar-refractivity contribution >= 4 is 5.97 Å². The predicted octanol–water partition coefficient (Wildman–Crippen LogP) is 2.22. The number of ether oxygens (including phenoxy) is 2. The molecule has 102 valence electrons. The number of rotatable bonds is 5. The number of hydrogen-bond acceptors (Lipinski definition) is 3. The Balaban J connectivity index is 1.92. The van der Waals surface area contributed by atoms with E-state index in [2.05, 4.69) is 0 Å². The van der Waals surface area contributed by atoms with Gasteiger partial charge in [-0.05, 0) is 37.5 Å². The van der Waals surface area contributed by atoms with Crippen LogP contribution in [0.5, 0.6) is 5.75 Å². The Bertz CT molecular complexity index is 483. The maximum absolute atomic E-state index is 11.6. The summed E-state index contributed by atoms with van der Waals surface area (Å²) in [5, 5.41) is 9.52. The summed E-state index contributed by atoms with van der Waals surface area (Å²) in [5.74, 6) is 0.131. The molecule has 1 aliphatic carbocycles. The van der Waals surface area contributed by atoms with Gasteiger partial charge in [-0.1, -0.05) is 12.1 Å². The molecule has 19 heavy (non-hydrogen) atoms. The molecule has 1 aromatic rings. The second-order valence-corrected chi connectivity index (χ2v) is 5.42. The largest absolute Gasteiger partial charge is 0.494 e.